The van der Waals surface area contributed by atoms with Gasteiger partial charge in [0.05, 0.1) is 31.4 Å². The number of aromatic amines is 1. The molecule has 5 heteroatoms. The Labute approximate surface area is 112 Å². The molecule has 0 aliphatic rings. The predicted molar refractivity (Wildman–Crippen MR) is 74.0 cm³/mol. The normalized spacial score (nSPS) is 12.6. The summed E-state index contributed by atoms with van der Waals surface area (Å²) in [7, 11) is 4.97. The van der Waals surface area contributed by atoms with Crippen LogP contribution in [0.2, 0.25) is 0 Å². The van der Waals surface area contributed by atoms with Crippen LogP contribution in [-0.2, 0) is 11.2 Å². The first-order chi connectivity index (χ1) is 9.17. The zero-order chi connectivity index (χ0) is 13.8. The first-order valence-corrected chi connectivity index (χ1v) is 6.31. The summed E-state index contributed by atoms with van der Waals surface area (Å²) in [6.45, 7) is 2.05. The van der Waals surface area contributed by atoms with Gasteiger partial charge in [0.2, 0.25) is 0 Å². The number of methoxy groups -OCH3 is 3. The van der Waals surface area contributed by atoms with Gasteiger partial charge in [0.15, 0.2) is 11.5 Å². The SMILES string of the molecule is COc1cc2nc(CCC(C)OC)[nH]c2cc1OC. The standard InChI is InChI=1S/C14H20N2O3/c1-9(17-2)5-6-14-15-10-7-12(18-3)13(19-4)8-11(10)16-14/h7-9H,5-6H2,1-4H3,(H,15,16). The third-order valence-corrected chi connectivity index (χ3v) is 3.23. The number of rotatable bonds is 6. The highest BCUT2D eigenvalue weighted by Crippen LogP contribution is 2.31. The molecule has 1 aromatic carbocycles. The molecular weight excluding hydrogens is 244 g/mol. The lowest BCUT2D eigenvalue weighted by Gasteiger charge is -2.06. The van der Waals surface area contributed by atoms with Crippen molar-refractivity contribution in [2.75, 3.05) is 21.3 Å². The van der Waals surface area contributed by atoms with Gasteiger partial charge in [0.1, 0.15) is 5.82 Å². The van der Waals surface area contributed by atoms with E-state index in [0.29, 0.717) is 11.5 Å². The number of nitrogens with zero attached hydrogens (tertiary/aromatic N) is 1. The van der Waals surface area contributed by atoms with Gasteiger partial charge in [-0.1, -0.05) is 0 Å². The number of benzene rings is 1. The molecule has 2 rings (SSSR count). The van der Waals surface area contributed by atoms with E-state index in [1.165, 1.54) is 0 Å². The van der Waals surface area contributed by atoms with Crippen molar-refractivity contribution < 1.29 is 14.2 Å². The average Bonchev–Trinajstić information content (AvgIpc) is 2.84. The molecule has 1 atom stereocenters. The molecule has 0 fully saturated rings. The molecule has 0 radical (unpaired) electrons. The van der Waals surface area contributed by atoms with E-state index in [4.69, 9.17) is 14.2 Å². The molecule has 1 heterocycles. The van der Waals surface area contributed by atoms with Gasteiger partial charge in [-0.3, -0.25) is 0 Å². The summed E-state index contributed by atoms with van der Waals surface area (Å²) in [5.74, 6) is 2.35. The minimum atomic E-state index is 0.234. The summed E-state index contributed by atoms with van der Waals surface area (Å²) in [4.78, 5) is 7.86. The van der Waals surface area contributed by atoms with E-state index in [9.17, 15) is 0 Å². The third-order valence-electron chi connectivity index (χ3n) is 3.23. The van der Waals surface area contributed by atoms with Gasteiger partial charge < -0.3 is 19.2 Å². The van der Waals surface area contributed by atoms with Crippen LogP contribution < -0.4 is 9.47 Å². The summed E-state index contributed by atoms with van der Waals surface area (Å²) in [6.07, 6.45) is 2.02. The number of H-pyrrole nitrogens is 1. The zero-order valence-electron chi connectivity index (χ0n) is 11.8. The van der Waals surface area contributed by atoms with Crippen molar-refractivity contribution >= 4 is 11.0 Å². The Morgan fingerprint density at radius 1 is 1.16 bits per heavy atom. The molecular formula is C14H20N2O3. The lowest BCUT2D eigenvalue weighted by molar-refractivity contribution is 0.111. The average molecular weight is 264 g/mol. The lowest BCUT2D eigenvalue weighted by Crippen LogP contribution is -2.06. The Bertz CT molecular complexity index is 510. The number of hydrogen-bond acceptors (Lipinski definition) is 4. The van der Waals surface area contributed by atoms with Crippen molar-refractivity contribution in [1.82, 2.24) is 9.97 Å². The maximum Gasteiger partial charge on any atom is 0.163 e. The van der Waals surface area contributed by atoms with E-state index in [0.717, 1.165) is 29.7 Å². The van der Waals surface area contributed by atoms with Crippen LogP contribution in [0, 0.1) is 0 Å². The summed E-state index contributed by atoms with van der Waals surface area (Å²) >= 11 is 0. The van der Waals surface area contributed by atoms with Gasteiger partial charge in [-0.15, -0.1) is 0 Å². The van der Waals surface area contributed by atoms with Crippen LogP contribution in [-0.4, -0.2) is 37.4 Å². The Morgan fingerprint density at radius 3 is 2.47 bits per heavy atom. The highest BCUT2D eigenvalue weighted by Gasteiger charge is 2.10. The van der Waals surface area contributed by atoms with E-state index in [-0.39, 0.29) is 6.10 Å². The topological polar surface area (TPSA) is 56.4 Å². The number of hydrogen-bond donors (Lipinski definition) is 1. The largest absolute Gasteiger partial charge is 0.493 e. The van der Waals surface area contributed by atoms with Crippen LogP contribution in [0.1, 0.15) is 19.2 Å². The van der Waals surface area contributed by atoms with Crippen molar-refractivity contribution in [2.45, 2.75) is 25.9 Å². The minimum Gasteiger partial charge on any atom is -0.493 e. The van der Waals surface area contributed by atoms with Crippen molar-refractivity contribution in [2.24, 2.45) is 0 Å². The third kappa shape index (κ3) is 2.98. The maximum atomic E-state index is 5.28. The summed E-state index contributed by atoms with van der Waals surface area (Å²) in [6, 6.07) is 3.79. The van der Waals surface area contributed by atoms with Crippen LogP contribution in [0.3, 0.4) is 0 Å². The first-order valence-electron chi connectivity index (χ1n) is 6.31. The van der Waals surface area contributed by atoms with Gasteiger partial charge in [0.25, 0.3) is 0 Å². The number of nitrogens with one attached hydrogen (secondary N) is 1. The molecule has 1 unspecified atom stereocenters. The van der Waals surface area contributed by atoms with E-state index in [1.807, 2.05) is 12.1 Å². The molecule has 1 aromatic heterocycles. The van der Waals surface area contributed by atoms with Crippen LogP contribution >= 0.6 is 0 Å². The molecule has 1 N–H and O–H groups in total. The molecule has 0 amide bonds. The van der Waals surface area contributed by atoms with Crippen molar-refractivity contribution in [3.8, 4) is 11.5 Å². The number of aryl methyl sites for hydroxylation is 1. The molecule has 104 valence electrons. The van der Waals surface area contributed by atoms with E-state index >= 15 is 0 Å². The molecule has 0 saturated heterocycles. The molecule has 2 aromatic rings. The van der Waals surface area contributed by atoms with Crippen molar-refractivity contribution in [3.63, 3.8) is 0 Å². The molecule has 0 bridgehead atoms. The van der Waals surface area contributed by atoms with Gasteiger partial charge in [-0.2, -0.15) is 0 Å². The lowest BCUT2D eigenvalue weighted by atomic mass is 10.2. The van der Waals surface area contributed by atoms with Crippen LogP contribution in [0.25, 0.3) is 11.0 Å². The van der Waals surface area contributed by atoms with E-state index < -0.39 is 0 Å². The first kappa shape index (κ1) is 13.7. The summed E-state index contributed by atoms with van der Waals surface area (Å²) in [5.41, 5.74) is 1.84. The Morgan fingerprint density at radius 2 is 1.84 bits per heavy atom. The highest BCUT2D eigenvalue weighted by molar-refractivity contribution is 5.79. The fraction of sp³-hybridized carbons (Fsp3) is 0.500. The van der Waals surface area contributed by atoms with Gasteiger partial charge in [-0.05, 0) is 13.3 Å². The quantitative estimate of drug-likeness (QED) is 0.871. The Balaban J connectivity index is 2.24. The molecule has 19 heavy (non-hydrogen) atoms. The van der Waals surface area contributed by atoms with Crippen molar-refractivity contribution in [3.05, 3.63) is 18.0 Å². The monoisotopic (exact) mass is 264 g/mol. The predicted octanol–water partition coefficient (Wildman–Crippen LogP) is 2.55. The minimum absolute atomic E-state index is 0.234. The molecule has 0 aliphatic heterocycles. The molecule has 0 aliphatic carbocycles. The summed E-state index contributed by atoms with van der Waals surface area (Å²) < 4.78 is 15.8. The number of fused-ring (bicyclic) bond motifs is 1. The van der Waals surface area contributed by atoms with E-state index in [2.05, 4.69) is 16.9 Å². The van der Waals surface area contributed by atoms with Crippen LogP contribution in [0.5, 0.6) is 11.5 Å². The number of aromatic nitrogens is 2. The molecule has 0 saturated carbocycles. The van der Waals surface area contributed by atoms with Crippen LogP contribution in [0.15, 0.2) is 12.1 Å². The zero-order valence-corrected chi connectivity index (χ0v) is 11.8. The van der Waals surface area contributed by atoms with E-state index in [1.54, 1.807) is 21.3 Å². The second kappa shape index (κ2) is 5.93. The second-order valence-corrected chi connectivity index (χ2v) is 4.49. The Kier molecular flexibility index (Phi) is 4.27. The highest BCUT2D eigenvalue weighted by atomic mass is 16.5. The smallest absolute Gasteiger partial charge is 0.163 e. The maximum absolute atomic E-state index is 5.28. The molecule has 0 spiro atoms. The molecule has 5 nitrogen and oxygen atoms in total. The van der Waals surface area contributed by atoms with Gasteiger partial charge >= 0.3 is 0 Å². The van der Waals surface area contributed by atoms with Gasteiger partial charge in [0, 0.05) is 25.7 Å². The second-order valence-electron chi connectivity index (χ2n) is 4.49. The fourth-order valence-corrected chi connectivity index (χ4v) is 1.97. The fourth-order valence-electron chi connectivity index (χ4n) is 1.97. The van der Waals surface area contributed by atoms with Crippen LogP contribution in [0.4, 0.5) is 0 Å². The Hall–Kier alpha value is -1.75. The number of ether oxygens (including phenoxy) is 3. The summed E-state index contributed by atoms with van der Waals surface area (Å²) in [5, 5.41) is 0. The number of imidazole rings is 1. The van der Waals surface area contributed by atoms with Gasteiger partial charge in [-0.25, -0.2) is 4.98 Å². The van der Waals surface area contributed by atoms with Crippen molar-refractivity contribution in [1.29, 1.82) is 0 Å².